The van der Waals surface area contributed by atoms with Gasteiger partial charge in [-0.1, -0.05) is 0 Å². The first-order valence-electron chi connectivity index (χ1n) is 11.1. The van der Waals surface area contributed by atoms with Gasteiger partial charge in [0, 0.05) is 0 Å². The average Bonchev–Trinajstić information content (AvgIpc) is 2.96. The summed E-state index contributed by atoms with van der Waals surface area (Å²) in [6.45, 7) is 7.66. The van der Waals surface area contributed by atoms with Gasteiger partial charge in [0.15, 0.2) is 0 Å². The topological polar surface area (TPSA) is 46.6 Å². The first kappa shape index (κ1) is 23.4. The van der Waals surface area contributed by atoms with Crippen molar-refractivity contribution in [2.24, 2.45) is 0 Å². The van der Waals surface area contributed by atoms with E-state index in [0.29, 0.717) is 24.3 Å². The second-order valence-corrected chi connectivity index (χ2v) is 21.8. The molecule has 0 aliphatic carbocycles. The fourth-order valence-corrected chi connectivity index (χ4v) is 18.6. The standard InChI is InChI=1S/C11H10NO3.3C4H9.Sn/c1-15-7-6-12-10(13)8-4-2-3-5-9(8)11(12)14;3*1-3-4-2;/h2-5H,1,6-7H2;3*1,3-4H2,2H3;. The molecule has 0 N–H and O–H groups in total. The summed E-state index contributed by atoms with van der Waals surface area (Å²) in [5.74, 6) is -0.358. The van der Waals surface area contributed by atoms with E-state index in [-0.39, 0.29) is 11.8 Å². The number of benzene rings is 1. The Balaban J connectivity index is 1.92. The Morgan fingerprint density at radius 2 is 1.29 bits per heavy atom. The zero-order chi connectivity index (χ0) is 20.4. The third-order valence-corrected chi connectivity index (χ3v) is 20.4. The summed E-state index contributed by atoms with van der Waals surface area (Å²) in [5, 5.41) is 0. The van der Waals surface area contributed by atoms with E-state index in [1.807, 2.05) is 12.1 Å². The number of nitrogens with zero attached hydrogens (tertiary/aromatic N) is 1. The molecular formula is C23H37NO3Sn. The Morgan fingerprint density at radius 3 is 1.71 bits per heavy atom. The van der Waals surface area contributed by atoms with Crippen LogP contribution in [0.15, 0.2) is 24.3 Å². The van der Waals surface area contributed by atoms with Crippen molar-refractivity contribution in [3.63, 3.8) is 0 Å². The predicted molar refractivity (Wildman–Crippen MR) is 118 cm³/mol. The van der Waals surface area contributed by atoms with E-state index >= 15 is 0 Å². The van der Waals surface area contributed by atoms with Gasteiger partial charge in [-0.3, -0.25) is 0 Å². The van der Waals surface area contributed by atoms with Gasteiger partial charge in [0.05, 0.1) is 0 Å². The van der Waals surface area contributed by atoms with Gasteiger partial charge in [-0.15, -0.1) is 0 Å². The number of hydrogen-bond acceptors (Lipinski definition) is 3. The molecule has 0 fully saturated rings. The van der Waals surface area contributed by atoms with Crippen LogP contribution in [0.1, 0.15) is 80.0 Å². The minimum absolute atomic E-state index is 0.179. The number of carbonyl (C=O) groups excluding carboxylic acids is 2. The van der Waals surface area contributed by atoms with E-state index in [4.69, 9.17) is 4.74 Å². The van der Waals surface area contributed by atoms with Gasteiger partial charge in [0.25, 0.3) is 0 Å². The molecule has 0 saturated heterocycles. The van der Waals surface area contributed by atoms with Gasteiger partial charge in [0.1, 0.15) is 0 Å². The van der Waals surface area contributed by atoms with Crippen molar-refractivity contribution in [1.82, 2.24) is 4.90 Å². The number of imide groups is 1. The summed E-state index contributed by atoms with van der Waals surface area (Å²) in [6.07, 6.45) is 7.74. The Kier molecular flexibility index (Phi) is 10.00. The van der Waals surface area contributed by atoms with Crippen LogP contribution in [0.3, 0.4) is 0 Å². The Morgan fingerprint density at radius 1 is 0.821 bits per heavy atom. The molecule has 0 spiro atoms. The third-order valence-electron chi connectivity index (χ3n) is 5.93. The maximum absolute atomic E-state index is 12.5. The van der Waals surface area contributed by atoms with Crippen molar-refractivity contribution in [3.05, 3.63) is 35.4 Å². The van der Waals surface area contributed by atoms with Crippen molar-refractivity contribution < 1.29 is 14.3 Å². The molecule has 28 heavy (non-hydrogen) atoms. The van der Waals surface area contributed by atoms with Gasteiger partial charge in [-0.25, -0.2) is 0 Å². The summed E-state index contributed by atoms with van der Waals surface area (Å²) in [4.78, 5) is 26.3. The van der Waals surface area contributed by atoms with Crippen LogP contribution in [0, 0.1) is 0 Å². The van der Waals surface area contributed by atoms with Gasteiger partial charge in [-0.05, 0) is 0 Å². The molecule has 1 aromatic carbocycles. The SMILES string of the molecule is CCC[CH2][Sn]([CH2]CCC)([CH2]CCC)[CH2]OCCN1C(=O)c2ccccc2C1=O. The molecule has 0 bridgehead atoms. The van der Waals surface area contributed by atoms with E-state index in [9.17, 15) is 9.59 Å². The first-order valence-corrected chi connectivity index (χ1v) is 19.2. The van der Waals surface area contributed by atoms with Crippen LogP contribution in [0.4, 0.5) is 0 Å². The summed E-state index contributed by atoms with van der Waals surface area (Å²) in [7, 11) is 0. The van der Waals surface area contributed by atoms with Gasteiger partial charge >= 0.3 is 175 Å². The van der Waals surface area contributed by atoms with Crippen LogP contribution in [-0.4, -0.2) is 52.9 Å². The summed E-state index contributed by atoms with van der Waals surface area (Å²) < 4.78 is 11.4. The van der Waals surface area contributed by atoms with Crippen molar-refractivity contribution in [2.75, 3.05) is 17.8 Å². The Labute approximate surface area is 174 Å². The average molecular weight is 494 g/mol. The molecule has 4 nitrogen and oxygen atoms in total. The van der Waals surface area contributed by atoms with Crippen LogP contribution in [0.2, 0.25) is 13.3 Å². The minimum atomic E-state index is -2.31. The molecule has 156 valence electrons. The molecule has 2 amide bonds. The molecule has 5 heteroatoms. The first-order chi connectivity index (χ1) is 13.6. The molecule has 0 saturated carbocycles. The molecular weight excluding hydrogens is 457 g/mol. The predicted octanol–water partition coefficient (Wildman–Crippen LogP) is 5.69. The molecule has 0 atom stereocenters. The number of unbranched alkanes of at least 4 members (excludes halogenated alkanes) is 3. The van der Waals surface area contributed by atoms with Crippen molar-refractivity contribution in [2.45, 2.75) is 72.6 Å². The third kappa shape index (κ3) is 6.06. The molecule has 0 unspecified atom stereocenters. The van der Waals surface area contributed by atoms with Crippen molar-refractivity contribution >= 4 is 30.2 Å². The normalized spacial score (nSPS) is 14.0. The van der Waals surface area contributed by atoms with Crippen molar-refractivity contribution in [3.8, 4) is 0 Å². The molecule has 1 aliphatic rings. The zero-order valence-electron chi connectivity index (χ0n) is 18.0. The van der Waals surface area contributed by atoms with Crippen LogP contribution in [-0.2, 0) is 4.74 Å². The summed E-state index contributed by atoms with van der Waals surface area (Å²) in [6, 6.07) is 7.08. The van der Waals surface area contributed by atoms with Crippen LogP contribution in [0.5, 0.6) is 0 Å². The van der Waals surface area contributed by atoms with E-state index in [0.717, 1.165) is 4.62 Å². The Hall–Kier alpha value is -0.881. The van der Waals surface area contributed by atoms with Crippen LogP contribution >= 0.6 is 0 Å². The number of ether oxygens (including phenoxy) is 1. The molecule has 1 aromatic rings. The van der Waals surface area contributed by atoms with Crippen LogP contribution < -0.4 is 0 Å². The van der Waals surface area contributed by atoms with E-state index < -0.39 is 18.4 Å². The second kappa shape index (κ2) is 12.0. The van der Waals surface area contributed by atoms with Gasteiger partial charge < -0.3 is 0 Å². The quantitative estimate of drug-likeness (QED) is 0.190. The summed E-state index contributed by atoms with van der Waals surface area (Å²) >= 11 is -2.31. The van der Waals surface area contributed by atoms with Gasteiger partial charge in [-0.2, -0.15) is 0 Å². The van der Waals surface area contributed by atoms with Crippen LogP contribution in [0.25, 0.3) is 0 Å². The fraction of sp³-hybridized carbons (Fsp3) is 0.652. The second-order valence-electron chi connectivity index (χ2n) is 8.17. The number of hydrogen-bond donors (Lipinski definition) is 0. The fourth-order valence-electron chi connectivity index (χ4n) is 4.13. The molecule has 0 aromatic heterocycles. The zero-order valence-corrected chi connectivity index (χ0v) is 20.8. The van der Waals surface area contributed by atoms with E-state index in [1.54, 1.807) is 12.1 Å². The number of carbonyl (C=O) groups is 2. The molecule has 0 radical (unpaired) electrons. The number of rotatable bonds is 14. The van der Waals surface area contributed by atoms with Crippen molar-refractivity contribution in [1.29, 1.82) is 0 Å². The number of fused-ring (bicyclic) bond motifs is 1. The number of amides is 2. The Bertz CT molecular complexity index is 590. The molecule has 1 aliphatic heterocycles. The van der Waals surface area contributed by atoms with E-state index in [2.05, 4.69) is 20.8 Å². The summed E-state index contributed by atoms with van der Waals surface area (Å²) in [5.41, 5.74) is 1.05. The molecule has 1 heterocycles. The monoisotopic (exact) mass is 495 g/mol. The van der Waals surface area contributed by atoms with E-state index in [1.165, 1.54) is 56.7 Å². The molecule has 2 rings (SSSR count). The van der Waals surface area contributed by atoms with Gasteiger partial charge in [0.2, 0.25) is 0 Å². The maximum atomic E-state index is 12.5.